The first-order chi connectivity index (χ1) is 7.77. The molecular formula is C13H23NO2. The van der Waals surface area contributed by atoms with Gasteiger partial charge in [-0.2, -0.15) is 0 Å². The van der Waals surface area contributed by atoms with Crippen molar-refractivity contribution >= 4 is 0 Å². The fourth-order valence-corrected chi connectivity index (χ4v) is 3.06. The first-order valence-electron chi connectivity index (χ1n) is 6.83. The highest BCUT2D eigenvalue weighted by molar-refractivity contribution is 4.96. The molecule has 3 aliphatic rings. The molecule has 2 saturated carbocycles. The molecule has 3 rings (SSSR count). The molecule has 1 spiro atoms. The van der Waals surface area contributed by atoms with Gasteiger partial charge in [0.25, 0.3) is 0 Å². The normalized spacial score (nSPS) is 34.7. The van der Waals surface area contributed by atoms with Crippen molar-refractivity contribution in [3.8, 4) is 0 Å². The van der Waals surface area contributed by atoms with Crippen molar-refractivity contribution in [3.05, 3.63) is 0 Å². The van der Waals surface area contributed by atoms with E-state index >= 15 is 0 Å². The number of aliphatic hydroxyl groups is 1. The number of hydrogen-bond acceptors (Lipinski definition) is 3. The molecule has 0 aromatic rings. The Morgan fingerprint density at radius 1 is 1.31 bits per heavy atom. The Morgan fingerprint density at radius 3 is 2.75 bits per heavy atom. The van der Waals surface area contributed by atoms with Crippen LogP contribution in [0, 0.1) is 5.92 Å². The lowest BCUT2D eigenvalue weighted by Gasteiger charge is -2.47. The summed E-state index contributed by atoms with van der Waals surface area (Å²) >= 11 is 0. The van der Waals surface area contributed by atoms with Gasteiger partial charge in [0.1, 0.15) is 0 Å². The van der Waals surface area contributed by atoms with Gasteiger partial charge < -0.3 is 15.2 Å². The Kier molecular flexibility index (Phi) is 2.94. The lowest BCUT2D eigenvalue weighted by atomic mass is 9.74. The zero-order valence-corrected chi connectivity index (χ0v) is 9.95. The van der Waals surface area contributed by atoms with Crippen molar-refractivity contribution in [2.45, 2.75) is 62.7 Å². The molecule has 3 nitrogen and oxygen atoms in total. The predicted molar refractivity (Wildman–Crippen MR) is 62.3 cm³/mol. The van der Waals surface area contributed by atoms with Gasteiger partial charge in [-0.1, -0.05) is 0 Å². The zero-order chi connectivity index (χ0) is 11.0. The molecule has 16 heavy (non-hydrogen) atoms. The Balaban J connectivity index is 1.43. The summed E-state index contributed by atoms with van der Waals surface area (Å²) in [4.78, 5) is 0. The van der Waals surface area contributed by atoms with E-state index in [1.165, 1.54) is 32.1 Å². The van der Waals surface area contributed by atoms with E-state index in [9.17, 15) is 5.11 Å². The molecule has 3 fully saturated rings. The van der Waals surface area contributed by atoms with Gasteiger partial charge in [-0.3, -0.25) is 0 Å². The Labute approximate surface area is 97.6 Å². The minimum atomic E-state index is -0.111. The van der Waals surface area contributed by atoms with Gasteiger partial charge in [0.2, 0.25) is 0 Å². The second-order valence-electron chi connectivity index (χ2n) is 5.89. The topological polar surface area (TPSA) is 41.5 Å². The maximum absolute atomic E-state index is 9.83. The highest BCUT2D eigenvalue weighted by atomic mass is 16.5. The summed E-state index contributed by atoms with van der Waals surface area (Å²) in [7, 11) is 0. The highest BCUT2D eigenvalue weighted by Crippen LogP contribution is 2.42. The molecule has 0 aromatic carbocycles. The summed E-state index contributed by atoms with van der Waals surface area (Å²) in [5.41, 5.74) is 0.223. The molecule has 1 saturated heterocycles. The molecule has 92 valence electrons. The van der Waals surface area contributed by atoms with Crippen LogP contribution in [0.1, 0.15) is 44.9 Å². The van der Waals surface area contributed by atoms with Crippen LogP contribution in [0.4, 0.5) is 0 Å². The average molecular weight is 225 g/mol. The standard InChI is InChI=1S/C13H23NO2/c15-12(10-2-3-10)9-14-11-4-7-16-13(8-11)5-1-6-13/h10-12,14-15H,1-9H2. The molecule has 1 heterocycles. The van der Waals surface area contributed by atoms with Crippen molar-refractivity contribution in [1.82, 2.24) is 5.32 Å². The first kappa shape index (κ1) is 11.0. The number of nitrogens with one attached hydrogen (secondary N) is 1. The molecule has 2 atom stereocenters. The summed E-state index contributed by atoms with van der Waals surface area (Å²) in [6.45, 7) is 1.68. The van der Waals surface area contributed by atoms with Crippen LogP contribution >= 0.6 is 0 Å². The van der Waals surface area contributed by atoms with Crippen molar-refractivity contribution < 1.29 is 9.84 Å². The van der Waals surface area contributed by atoms with Gasteiger partial charge in [-0.05, 0) is 50.9 Å². The molecule has 1 aliphatic heterocycles. The zero-order valence-electron chi connectivity index (χ0n) is 9.95. The van der Waals surface area contributed by atoms with E-state index in [0.29, 0.717) is 12.0 Å². The fraction of sp³-hybridized carbons (Fsp3) is 1.00. The number of aliphatic hydroxyl groups excluding tert-OH is 1. The van der Waals surface area contributed by atoms with Gasteiger partial charge in [0, 0.05) is 19.2 Å². The van der Waals surface area contributed by atoms with Crippen LogP contribution in [0.25, 0.3) is 0 Å². The van der Waals surface area contributed by atoms with Gasteiger partial charge in [0.15, 0.2) is 0 Å². The molecule has 0 radical (unpaired) electrons. The van der Waals surface area contributed by atoms with Crippen LogP contribution in [0.15, 0.2) is 0 Å². The number of hydrogen-bond donors (Lipinski definition) is 2. The van der Waals surface area contributed by atoms with Crippen LogP contribution < -0.4 is 5.32 Å². The summed E-state index contributed by atoms with van der Waals surface area (Å²) in [5, 5.41) is 13.4. The fourth-order valence-electron chi connectivity index (χ4n) is 3.06. The Bertz CT molecular complexity index is 248. The smallest absolute Gasteiger partial charge is 0.0697 e. The van der Waals surface area contributed by atoms with E-state index in [2.05, 4.69) is 5.32 Å². The van der Waals surface area contributed by atoms with E-state index in [1.54, 1.807) is 0 Å². The van der Waals surface area contributed by atoms with Crippen molar-refractivity contribution in [1.29, 1.82) is 0 Å². The molecule has 2 unspecified atom stereocenters. The third-order valence-electron chi connectivity index (χ3n) is 4.54. The average Bonchev–Trinajstić information content (AvgIpc) is 3.08. The second-order valence-corrected chi connectivity index (χ2v) is 5.89. The third kappa shape index (κ3) is 2.27. The van der Waals surface area contributed by atoms with E-state index in [-0.39, 0.29) is 11.7 Å². The van der Waals surface area contributed by atoms with E-state index in [0.717, 1.165) is 26.0 Å². The maximum Gasteiger partial charge on any atom is 0.0697 e. The number of rotatable bonds is 4. The van der Waals surface area contributed by atoms with Crippen molar-refractivity contribution in [2.75, 3.05) is 13.2 Å². The predicted octanol–water partition coefficient (Wildman–Crippen LogP) is 1.45. The van der Waals surface area contributed by atoms with E-state index < -0.39 is 0 Å². The number of ether oxygens (including phenoxy) is 1. The summed E-state index contributed by atoms with van der Waals surface area (Å²) in [5.74, 6) is 0.588. The molecule has 0 amide bonds. The minimum absolute atomic E-state index is 0.111. The molecule has 0 bridgehead atoms. The van der Waals surface area contributed by atoms with Crippen LogP contribution in [0.5, 0.6) is 0 Å². The lowest BCUT2D eigenvalue weighted by Crippen LogP contribution is -2.51. The van der Waals surface area contributed by atoms with Gasteiger partial charge in [-0.15, -0.1) is 0 Å². The van der Waals surface area contributed by atoms with Gasteiger partial charge in [0.05, 0.1) is 11.7 Å². The SMILES string of the molecule is OC(CNC1CCOC2(CCC2)C1)C1CC1. The molecule has 0 aromatic heterocycles. The summed E-state index contributed by atoms with van der Waals surface area (Å²) in [6.07, 6.45) is 8.43. The van der Waals surface area contributed by atoms with Crippen LogP contribution in [0.2, 0.25) is 0 Å². The molecule has 2 N–H and O–H groups in total. The summed E-state index contributed by atoms with van der Waals surface area (Å²) in [6, 6.07) is 0.572. The maximum atomic E-state index is 9.83. The first-order valence-corrected chi connectivity index (χ1v) is 6.83. The highest BCUT2D eigenvalue weighted by Gasteiger charge is 2.42. The second kappa shape index (κ2) is 4.28. The van der Waals surface area contributed by atoms with Crippen molar-refractivity contribution in [3.63, 3.8) is 0 Å². The largest absolute Gasteiger partial charge is 0.392 e. The van der Waals surface area contributed by atoms with E-state index in [1.807, 2.05) is 0 Å². The van der Waals surface area contributed by atoms with E-state index in [4.69, 9.17) is 4.74 Å². The molecule has 3 heteroatoms. The van der Waals surface area contributed by atoms with Crippen molar-refractivity contribution in [2.24, 2.45) is 5.92 Å². The van der Waals surface area contributed by atoms with Gasteiger partial charge in [-0.25, -0.2) is 0 Å². The lowest BCUT2D eigenvalue weighted by molar-refractivity contribution is -0.136. The Morgan fingerprint density at radius 2 is 2.12 bits per heavy atom. The summed E-state index contributed by atoms with van der Waals surface area (Å²) < 4.78 is 5.90. The van der Waals surface area contributed by atoms with Crippen LogP contribution in [0.3, 0.4) is 0 Å². The Hall–Kier alpha value is -0.120. The molecule has 2 aliphatic carbocycles. The quantitative estimate of drug-likeness (QED) is 0.761. The monoisotopic (exact) mass is 225 g/mol. The van der Waals surface area contributed by atoms with Crippen LogP contribution in [-0.4, -0.2) is 36.0 Å². The van der Waals surface area contributed by atoms with Crippen LogP contribution in [-0.2, 0) is 4.74 Å². The third-order valence-corrected chi connectivity index (χ3v) is 4.54. The minimum Gasteiger partial charge on any atom is -0.392 e. The molecular weight excluding hydrogens is 202 g/mol. The van der Waals surface area contributed by atoms with Gasteiger partial charge >= 0.3 is 0 Å².